The molecule has 0 aromatic heterocycles. The molecule has 0 aliphatic carbocycles. The maximum atomic E-state index is 13.0. The van der Waals surface area contributed by atoms with Crippen molar-refractivity contribution in [1.82, 2.24) is 4.90 Å². The molecule has 0 spiro atoms. The van der Waals surface area contributed by atoms with Gasteiger partial charge in [0.1, 0.15) is 11.9 Å². The van der Waals surface area contributed by atoms with Crippen molar-refractivity contribution in [3.05, 3.63) is 59.4 Å². The molecule has 146 valence electrons. The van der Waals surface area contributed by atoms with Crippen LogP contribution < -0.4 is 10.6 Å². The van der Waals surface area contributed by atoms with E-state index in [0.29, 0.717) is 31.8 Å². The van der Waals surface area contributed by atoms with Crippen LogP contribution in [-0.2, 0) is 22.5 Å². The van der Waals surface area contributed by atoms with Crippen LogP contribution in [0.25, 0.3) is 0 Å². The topological polar surface area (TPSA) is 70.7 Å². The zero-order valence-electron chi connectivity index (χ0n) is 15.4. The summed E-state index contributed by atoms with van der Waals surface area (Å²) < 4.78 is 18.5. The van der Waals surface area contributed by atoms with Crippen LogP contribution >= 0.6 is 0 Å². The molecule has 2 N–H and O–H groups in total. The van der Waals surface area contributed by atoms with Crippen LogP contribution in [0, 0.1) is 5.82 Å². The number of nitrogens with zero attached hydrogens (tertiary/aromatic N) is 1. The zero-order chi connectivity index (χ0) is 19.5. The van der Waals surface area contributed by atoms with E-state index in [0.717, 1.165) is 29.7 Å². The number of carbonyl (C=O) groups excluding carboxylic acids is 2. The fraction of sp³-hybridized carbons (Fsp3) is 0.333. The van der Waals surface area contributed by atoms with Crippen LogP contribution in [0.4, 0.5) is 20.6 Å². The van der Waals surface area contributed by atoms with Gasteiger partial charge in [-0.25, -0.2) is 9.18 Å². The third-order valence-electron chi connectivity index (χ3n) is 5.13. The lowest BCUT2D eigenvalue weighted by Crippen LogP contribution is -2.42. The molecule has 2 aliphatic heterocycles. The van der Waals surface area contributed by atoms with E-state index in [1.54, 1.807) is 0 Å². The van der Waals surface area contributed by atoms with Crippen molar-refractivity contribution < 1.29 is 18.7 Å². The van der Waals surface area contributed by atoms with E-state index in [2.05, 4.69) is 10.6 Å². The third kappa shape index (κ3) is 3.99. The Balaban J connectivity index is 1.43. The molecule has 1 unspecified atom stereocenters. The van der Waals surface area contributed by atoms with Gasteiger partial charge in [0.2, 0.25) is 0 Å². The first-order valence-electron chi connectivity index (χ1n) is 9.45. The van der Waals surface area contributed by atoms with Gasteiger partial charge in [0.15, 0.2) is 0 Å². The molecule has 2 aromatic rings. The molecule has 1 saturated heterocycles. The van der Waals surface area contributed by atoms with Gasteiger partial charge < -0.3 is 20.3 Å². The lowest BCUT2D eigenvalue weighted by molar-refractivity contribution is -0.141. The number of ether oxygens (including phenoxy) is 1. The van der Waals surface area contributed by atoms with Crippen molar-refractivity contribution in [3.63, 3.8) is 0 Å². The SMILES string of the molecule is O=C(Nc1ccc(F)cc1)Nc1cccc2c1CCN(C(=O)C1CCCO1)C2. The number of rotatable bonds is 3. The lowest BCUT2D eigenvalue weighted by atomic mass is 9.97. The summed E-state index contributed by atoms with van der Waals surface area (Å²) in [4.78, 5) is 26.7. The van der Waals surface area contributed by atoms with Crippen LogP contribution in [0.5, 0.6) is 0 Å². The third-order valence-corrected chi connectivity index (χ3v) is 5.13. The van der Waals surface area contributed by atoms with Crippen molar-refractivity contribution >= 4 is 23.3 Å². The molecule has 28 heavy (non-hydrogen) atoms. The molecular weight excluding hydrogens is 361 g/mol. The van der Waals surface area contributed by atoms with Gasteiger partial charge in [-0.3, -0.25) is 4.79 Å². The molecule has 1 atom stereocenters. The maximum Gasteiger partial charge on any atom is 0.323 e. The second-order valence-corrected chi connectivity index (χ2v) is 7.04. The normalized spacial score (nSPS) is 18.5. The summed E-state index contributed by atoms with van der Waals surface area (Å²) in [5.41, 5.74) is 3.30. The van der Waals surface area contributed by atoms with E-state index < -0.39 is 6.03 Å². The number of benzene rings is 2. The first kappa shape index (κ1) is 18.4. The summed E-state index contributed by atoms with van der Waals surface area (Å²) in [7, 11) is 0. The molecule has 1 fully saturated rings. The van der Waals surface area contributed by atoms with E-state index in [4.69, 9.17) is 4.74 Å². The predicted octanol–water partition coefficient (Wildman–Crippen LogP) is 3.53. The average molecular weight is 383 g/mol. The van der Waals surface area contributed by atoms with Gasteiger partial charge >= 0.3 is 6.03 Å². The lowest BCUT2D eigenvalue weighted by Gasteiger charge is -2.31. The summed E-state index contributed by atoms with van der Waals surface area (Å²) in [5.74, 6) is -0.305. The number of urea groups is 1. The minimum atomic E-state index is -0.391. The van der Waals surface area contributed by atoms with Crippen LogP contribution in [0.15, 0.2) is 42.5 Å². The second kappa shape index (κ2) is 7.98. The molecule has 2 aliphatic rings. The highest BCUT2D eigenvalue weighted by Crippen LogP contribution is 2.28. The monoisotopic (exact) mass is 383 g/mol. The first-order valence-corrected chi connectivity index (χ1v) is 9.45. The van der Waals surface area contributed by atoms with Gasteiger partial charge in [-0.2, -0.15) is 0 Å². The second-order valence-electron chi connectivity index (χ2n) is 7.04. The molecule has 7 heteroatoms. The summed E-state index contributed by atoms with van der Waals surface area (Å²) in [6.07, 6.45) is 2.07. The van der Waals surface area contributed by atoms with Gasteiger partial charge in [-0.05, 0) is 60.7 Å². The van der Waals surface area contributed by atoms with E-state index in [9.17, 15) is 14.0 Å². The Morgan fingerprint density at radius 3 is 2.68 bits per heavy atom. The van der Waals surface area contributed by atoms with Gasteiger partial charge in [0, 0.05) is 31.1 Å². The standard InChI is InChI=1S/C21H22FN3O3/c22-15-6-8-16(9-7-15)23-21(27)24-18-4-1-3-14-13-25(11-10-17(14)18)20(26)19-5-2-12-28-19/h1,3-4,6-9,19H,2,5,10-13H2,(H2,23,24,27). The molecule has 2 aromatic carbocycles. The Kier molecular flexibility index (Phi) is 5.25. The number of fused-ring (bicyclic) bond motifs is 1. The number of hydrogen-bond donors (Lipinski definition) is 2. The highest BCUT2D eigenvalue weighted by Gasteiger charge is 2.30. The van der Waals surface area contributed by atoms with Crippen molar-refractivity contribution in [2.24, 2.45) is 0 Å². The fourth-order valence-corrected chi connectivity index (χ4v) is 3.71. The molecule has 2 heterocycles. The van der Waals surface area contributed by atoms with Crippen molar-refractivity contribution in [2.45, 2.75) is 31.9 Å². The van der Waals surface area contributed by atoms with Crippen LogP contribution in [0.1, 0.15) is 24.0 Å². The van der Waals surface area contributed by atoms with Gasteiger partial charge in [0.25, 0.3) is 5.91 Å². The number of nitrogens with one attached hydrogen (secondary N) is 2. The molecule has 3 amide bonds. The van der Waals surface area contributed by atoms with Crippen molar-refractivity contribution in [1.29, 1.82) is 0 Å². The van der Waals surface area contributed by atoms with Crippen LogP contribution in [0.3, 0.4) is 0 Å². The zero-order valence-corrected chi connectivity index (χ0v) is 15.4. The number of anilines is 2. The largest absolute Gasteiger partial charge is 0.368 e. The van der Waals surface area contributed by atoms with E-state index in [1.807, 2.05) is 23.1 Å². The van der Waals surface area contributed by atoms with Crippen molar-refractivity contribution in [3.8, 4) is 0 Å². The Hall–Kier alpha value is -2.93. The summed E-state index contributed by atoms with van der Waals surface area (Å²) in [6.45, 7) is 1.77. The molecular formula is C21H22FN3O3. The highest BCUT2D eigenvalue weighted by molar-refractivity contribution is 6.00. The van der Waals surface area contributed by atoms with E-state index in [-0.39, 0.29) is 17.8 Å². The number of hydrogen-bond acceptors (Lipinski definition) is 3. The smallest absolute Gasteiger partial charge is 0.323 e. The van der Waals surface area contributed by atoms with E-state index in [1.165, 1.54) is 24.3 Å². The molecule has 0 saturated carbocycles. The minimum Gasteiger partial charge on any atom is -0.368 e. The molecule has 0 bridgehead atoms. The van der Waals surface area contributed by atoms with Gasteiger partial charge in [-0.1, -0.05) is 12.1 Å². The summed E-state index contributed by atoms with van der Waals surface area (Å²) in [6, 6.07) is 10.9. The predicted molar refractivity (Wildman–Crippen MR) is 104 cm³/mol. The van der Waals surface area contributed by atoms with Gasteiger partial charge in [0.05, 0.1) is 0 Å². The van der Waals surface area contributed by atoms with Crippen molar-refractivity contribution in [2.75, 3.05) is 23.8 Å². The van der Waals surface area contributed by atoms with Crippen LogP contribution in [0.2, 0.25) is 0 Å². The Bertz CT molecular complexity index is 879. The average Bonchev–Trinajstić information content (AvgIpc) is 3.24. The quantitative estimate of drug-likeness (QED) is 0.852. The minimum absolute atomic E-state index is 0.0514. The Morgan fingerprint density at radius 2 is 1.93 bits per heavy atom. The van der Waals surface area contributed by atoms with Crippen LogP contribution in [-0.4, -0.2) is 36.1 Å². The summed E-state index contributed by atoms with van der Waals surface area (Å²) >= 11 is 0. The van der Waals surface area contributed by atoms with E-state index >= 15 is 0 Å². The first-order chi connectivity index (χ1) is 13.6. The molecule has 0 radical (unpaired) electrons. The molecule has 4 rings (SSSR count). The fourth-order valence-electron chi connectivity index (χ4n) is 3.71. The number of halogens is 1. The number of amides is 3. The Morgan fingerprint density at radius 1 is 1.11 bits per heavy atom. The number of carbonyl (C=O) groups is 2. The van der Waals surface area contributed by atoms with Gasteiger partial charge in [-0.15, -0.1) is 0 Å². The molecule has 6 nitrogen and oxygen atoms in total. The maximum absolute atomic E-state index is 13.0. The highest BCUT2D eigenvalue weighted by atomic mass is 19.1. The summed E-state index contributed by atoms with van der Waals surface area (Å²) in [5, 5.41) is 5.55. The Labute approximate surface area is 162 Å².